The van der Waals surface area contributed by atoms with Crippen molar-refractivity contribution in [3.05, 3.63) is 88.5 Å². The number of aliphatic hydroxyl groups is 1. The van der Waals surface area contributed by atoms with Crippen LogP contribution in [0.15, 0.2) is 66.2 Å². The fourth-order valence-electron chi connectivity index (χ4n) is 5.15. The smallest absolute Gasteiger partial charge is 0.295 e. The fourth-order valence-corrected chi connectivity index (χ4v) is 5.15. The van der Waals surface area contributed by atoms with E-state index in [1.807, 2.05) is 43.3 Å². The highest BCUT2D eigenvalue weighted by Gasteiger charge is 2.46. The zero-order chi connectivity index (χ0) is 27.0. The van der Waals surface area contributed by atoms with Gasteiger partial charge in [-0.05, 0) is 53.9 Å². The van der Waals surface area contributed by atoms with E-state index in [1.165, 1.54) is 26.2 Å². The van der Waals surface area contributed by atoms with E-state index < -0.39 is 17.7 Å². The minimum Gasteiger partial charge on any atom is -0.507 e. The summed E-state index contributed by atoms with van der Waals surface area (Å²) in [6.07, 6.45) is 0.716. The highest BCUT2D eigenvalue weighted by molar-refractivity contribution is 6.46. The summed E-state index contributed by atoms with van der Waals surface area (Å²) < 4.78 is 22.3. The molecule has 3 aromatic rings. The molecule has 0 bridgehead atoms. The van der Waals surface area contributed by atoms with Gasteiger partial charge in [-0.1, -0.05) is 30.3 Å². The number of amides is 1. The molecule has 0 radical (unpaired) electrons. The summed E-state index contributed by atoms with van der Waals surface area (Å²) in [5.41, 5.74) is 2.75. The molecule has 1 N–H and O–H groups in total. The van der Waals surface area contributed by atoms with Crippen LogP contribution in [0.5, 0.6) is 23.0 Å². The number of ketones is 1. The maximum Gasteiger partial charge on any atom is 0.295 e. The second-order valence-corrected chi connectivity index (χ2v) is 9.33. The van der Waals surface area contributed by atoms with Crippen molar-refractivity contribution in [3.63, 3.8) is 0 Å². The van der Waals surface area contributed by atoms with Gasteiger partial charge in [0.1, 0.15) is 17.6 Å². The monoisotopic (exact) mass is 515 g/mol. The third-order valence-electron chi connectivity index (χ3n) is 6.91. The first-order valence-corrected chi connectivity index (χ1v) is 12.3. The van der Waals surface area contributed by atoms with Gasteiger partial charge < -0.3 is 29.0 Å². The maximum atomic E-state index is 13.5. The van der Waals surface area contributed by atoms with Crippen LogP contribution in [0.1, 0.15) is 35.2 Å². The van der Waals surface area contributed by atoms with Gasteiger partial charge in [0.05, 0.1) is 32.9 Å². The SMILES string of the molecule is COc1cc(C2/C(=C(\O)c3ccc4c(c3)CC(C)O4)C(=O)C(=O)N2Cc2ccccc2)cc(OC)c1OC. The number of Topliss-reactive ketones (excluding diaryl/α,β-unsaturated/α-hetero) is 1. The van der Waals surface area contributed by atoms with Crippen LogP contribution in [0.3, 0.4) is 0 Å². The van der Waals surface area contributed by atoms with Crippen LogP contribution in [-0.4, -0.2) is 49.1 Å². The molecule has 1 amide bonds. The molecule has 196 valence electrons. The molecule has 0 aliphatic carbocycles. The molecular formula is C30H29NO7. The molecule has 5 rings (SSSR count). The lowest BCUT2D eigenvalue weighted by molar-refractivity contribution is -0.140. The molecule has 1 fully saturated rings. The number of carbonyl (C=O) groups excluding carboxylic acids is 2. The Bertz CT molecular complexity index is 1400. The van der Waals surface area contributed by atoms with Crippen LogP contribution >= 0.6 is 0 Å². The average Bonchev–Trinajstić information content (AvgIpc) is 3.43. The quantitative estimate of drug-likeness (QED) is 0.278. The molecule has 2 unspecified atom stereocenters. The Labute approximate surface area is 221 Å². The van der Waals surface area contributed by atoms with Gasteiger partial charge in [-0.15, -0.1) is 0 Å². The van der Waals surface area contributed by atoms with Gasteiger partial charge in [0.25, 0.3) is 11.7 Å². The number of rotatable bonds is 7. The van der Waals surface area contributed by atoms with E-state index in [1.54, 1.807) is 24.3 Å². The number of methoxy groups -OCH3 is 3. The van der Waals surface area contributed by atoms with E-state index >= 15 is 0 Å². The number of benzene rings is 3. The highest BCUT2D eigenvalue weighted by atomic mass is 16.5. The molecular weight excluding hydrogens is 486 g/mol. The van der Waals surface area contributed by atoms with Gasteiger partial charge in [-0.3, -0.25) is 9.59 Å². The molecule has 2 atom stereocenters. The van der Waals surface area contributed by atoms with Crippen molar-refractivity contribution in [2.45, 2.75) is 32.0 Å². The number of hydrogen-bond acceptors (Lipinski definition) is 7. The number of ether oxygens (including phenoxy) is 4. The average molecular weight is 516 g/mol. The van der Waals surface area contributed by atoms with Crippen LogP contribution in [0, 0.1) is 0 Å². The van der Waals surface area contributed by atoms with Crippen molar-refractivity contribution in [2.75, 3.05) is 21.3 Å². The third-order valence-corrected chi connectivity index (χ3v) is 6.91. The molecule has 0 spiro atoms. The summed E-state index contributed by atoms with van der Waals surface area (Å²) in [7, 11) is 4.49. The number of nitrogens with zero attached hydrogens (tertiary/aromatic N) is 1. The molecule has 3 aromatic carbocycles. The summed E-state index contributed by atoms with van der Waals surface area (Å²) in [5, 5.41) is 11.5. The lowest BCUT2D eigenvalue weighted by Crippen LogP contribution is -2.29. The Morgan fingerprint density at radius 1 is 0.974 bits per heavy atom. The summed E-state index contributed by atoms with van der Waals surface area (Å²) >= 11 is 0. The van der Waals surface area contributed by atoms with Gasteiger partial charge in [0, 0.05) is 18.5 Å². The Balaban J connectivity index is 1.69. The molecule has 0 aromatic heterocycles. The molecule has 2 aliphatic heterocycles. The van der Waals surface area contributed by atoms with Gasteiger partial charge >= 0.3 is 0 Å². The third kappa shape index (κ3) is 4.32. The van der Waals surface area contributed by atoms with Crippen molar-refractivity contribution in [1.29, 1.82) is 0 Å². The molecule has 2 aliphatic rings. The Morgan fingerprint density at radius 3 is 2.29 bits per heavy atom. The first-order chi connectivity index (χ1) is 18.4. The van der Waals surface area contributed by atoms with E-state index in [9.17, 15) is 14.7 Å². The normalized spacial score (nSPS) is 19.7. The van der Waals surface area contributed by atoms with Crippen molar-refractivity contribution >= 4 is 17.4 Å². The largest absolute Gasteiger partial charge is 0.507 e. The molecule has 38 heavy (non-hydrogen) atoms. The summed E-state index contributed by atoms with van der Waals surface area (Å²) in [6.45, 7) is 2.14. The van der Waals surface area contributed by atoms with E-state index in [0.717, 1.165) is 16.9 Å². The number of fused-ring (bicyclic) bond motifs is 1. The molecule has 2 heterocycles. The van der Waals surface area contributed by atoms with Crippen molar-refractivity contribution < 1.29 is 33.6 Å². The Morgan fingerprint density at radius 2 is 1.66 bits per heavy atom. The first kappa shape index (κ1) is 25.2. The van der Waals surface area contributed by atoms with Crippen LogP contribution in [0.25, 0.3) is 5.76 Å². The standard InChI is InChI=1S/C30H29NO7/c1-17-12-20-13-19(10-11-22(20)38-17)27(32)25-26(21-14-23(35-2)29(37-4)24(15-21)36-3)31(30(34)28(25)33)16-18-8-6-5-7-9-18/h5-11,13-15,17,26,32H,12,16H2,1-4H3/b27-25+. The predicted octanol–water partition coefficient (Wildman–Crippen LogP) is 4.66. The van der Waals surface area contributed by atoms with E-state index in [4.69, 9.17) is 18.9 Å². The first-order valence-electron chi connectivity index (χ1n) is 12.3. The lowest BCUT2D eigenvalue weighted by Gasteiger charge is -2.26. The maximum absolute atomic E-state index is 13.5. The second-order valence-electron chi connectivity index (χ2n) is 9.33. The summed E-state index contributed by atoms with van der Waals surface area (Å²) in [4.78, 5) is 28.4. The Hall–Kier alpha value is -4.46. The summed E-state index contributed by atoms with van der Waals surface area (Å²) in [5.74, 6) is 0.160. The number of hydrogen-bond donors (Lipinski definition) is 1. The minimum absolute atomic E-state index is 0.00730. The van der Waals surface area contributed by atoms with Gasteiger partial charge in [-0.25, -0.2) is 0 Å². The van der Waals surface area contributed by atoms with Crippen LogP contribution in [-0.2, 0) is 22.6 Å². The minimum atomic E-state index is -0.896. The lowest BCUT2D eigenvalue weighted by atomic mass is 9.93. The number of aliphatic hydroxyl groups excluding tert-OH is 1. The zero-order valence-corrected chi connectivity index (χ0v) is 21.7. The molecule has 8 nitrogen and oxygen atoms in total. The molecule has 0 saturated carbocycles. The second kappa shape index (κ2) is 10.1. The van der Waals surface area contributed by atoms with E-state index in [2.05, 4.69) is 0 Å². The van der Waals surface area contributed by atoms with E-state index in [-0.39, 0.29) is 24.0 Å². The van der Waals surface area contributed by atoms with Crippen LogP contribution in [0.2, 0.25) is 0 Å². The van der Waals surface area contributed by atoms with Crippen molar-refractivity contribution in [3.8, 4) is 23.0 Å². The van der Waals surface area contributed by atoms with Crippen LogP contribution < -0.4 is 18.9 Å². The van der Waals surface area contributed by atoms with Gasteiger partial charge in [-0.2, -0.15) is 0 Å². The van der Waals surface area contributed by atoms with Gasteiger partial charge in [0.2, 0.25) is 5.75 Å². The predicted molar refractivity (Wildman–Crippen MR) is 141 cm³/mol. The fraction of sp³-hybridized carbons (Fsp3) is 0.267. The molecule has 8 heteroatoms. The number of likely N-dealkylation sites (tertiary alicyclic amines) is 1. The highest BCUT2D eigenvalue weighted by Crippen LogP contribution is 2.46. The zero-order valence-electron chi connectivity index (χ0n) is 21.7. The van der Waals surface area contributed by atoms with Crippen LogP contribution in [0.4, 0.5) is 0 Å². The van der Waals surface area contributed by atoms with Gasteiger partial charge in [0.15, 0.2) is 11.5 Å². The topological polar surface area (TPSA) is 94.5 Å². The van der Waals surface area contributed by atoms with E-state index in [0.29, 0.717) is 34.8 Å². The molecule has 1 saturated heterocycles. The Kier molecular flexibility index (Phi) is 6.72. The van der Waals surface area contributed by atoms with Crippen molar-refractivity contribution in [1.82, 2.24) is 4.90 Å². The van der Waals surface area contributed by atoms with Crippen molar-refractivity contribution in [2.24, 2.45) is 0 Å². The number of carbonyl (C=O) groups is 2. The summed E-state index contributed by atoms with van der Waals surface area (Å²) in [6, 6.07) is 17.2.